The Hall–Kier alpha value is -3.28. The van der Waals surface area contributed by atoms with Crippen LogP contribution in [-0.2, 0) is 13.0 Å². The molecule has 124 valence electrons. The first-order valence-corrected chi connectivity index (χ1v) is 8.19. The highest BCUT2D eigenvalue weighted by molar-refractivity contribution is 5.56. The number of tetrazole rings is 1. The molecule has 0 aliphatic carbocycles. The zero-order valence-corrected chi connectivity index (χ0v) is 13.8. The van der Waals surface area contributed by atoms with E-state index >= 15 is 0 Å². The van der Waals surface area contributed by atoms with Crippen molar-refractivity contribution in [1.82, 2.24) is 25.2 Å². The Kier molecular flexibility index (Phi) is 4.08. The number of hydrogen-bond acceptors (Lipinski definition) is 5. The second-order valence-corrected chi connectivity index (χ2v) is 5.68. The first-order chi connectivity index (χ1) is 12.3. The van der Waals surface area contributed by atoms with Crippen LogP contribution in [0.3, 0.4) is 0 Å². The molecule has 25 heavy (non-hydrogen) atoms. The molecule has 0 aliphatic heterocycles. The van der Waals surface area contributed by atoms with E-state index in [1.54, 1.807) is 6.20 Å². The minimum absolute atomic E-state index is 0.340. The number of benzene rings is 2. The molecule has 0 radical (unpaired) electrons. The second-order valence-electron chi connectivity index (χ2n) is 5.68. The van der Waals surface area contributed by atoms with E-state index < -0.39 is 0 Å². The first-order valence-electron chi connectivity index (χ1n) is 8.19. The van der Waals surface area contributed by atoms with Crippen molar-refractivity contribution in [3.63, 3.8) is 0 Å². The quantitative estimate of drug-likeness (QED) is 0.559. The maximum Gasteiger partial charge on any atom is 0.218 e. The minimum atomic E-state index is 0.340. The molecule has 0 N–H and O–H groups in total. The highest BCUT2D eigenvalue weighted by Crippen LogP contribution is 2.20. The van der Waals surface area contributed by atoms with E-state index in [4.69, 9.17) is 4.42 Å². The van der Waals surface area contributed by atoms with Gasteiger partial charge < -0.3 is 4.42 Å². The molecule has 0 amide bonds. The number of aryl methyl sites for hydroxylation is 1. The molecule has 6 heteroatoms. The number of nitrogens with zero attached hydrogens (tertiary/aromatic N) is 5. The van der Waals surface area contributed by atoms with E-state index in [9.17, 15) is 0 Å². The van der Waals surface area contributed by atoms with Crippen molar-refractivity contribution in [3.05, 3.63) is 72.2 Å². The molecule has 2 aromatic heterocycles. The molecular weight excluding hydrogens is 314 g/mol. The number of hydrogen-bond donors (Lipinski definition) is 0. The Morgan fingerprint density at radius 3 is 2.52 bits per heavy atom. The Morgan fingerprint density at radius 2 is 1.76 bits per heavy atom. The summed E-state index contributed by atoms with van der Waals surface area (Å²) in [5.74, 6) is 1.87. The Morgan fingerprint density at radius 1 is 0.960 bits per heavy atom. The van der Waals surface area contributed by atoms with Crippen LogP contribution in [0.4, 0.5) is 0 Å². The molecule has 0 spiro atoms. The number of aromatic nitrogens is 5. The van der Waals surface area contributed by atoms with Crippen molar-refractivity contribution in [1.29, 1.82) is 0 Å². The van der Waals surface area contributed by atoms with Crippen LogP contribution in [0.15, 0.2) is 65.2 Å². The van der Waals surface area contributed by atoms with Gasteiger partial charge in [-0.3, -0.25) is 0 Å². The van der Waals surface area contributed by atoms with Gasteiger partial charge in [-0.15, -0.1) is 10.2 Å². The van der Waals surface area contributed by atoms with Crippen LogP contribution in [0, 0.1) is 0 Å². The number of rotatable bonds is 5. The van der Waals surface area contributed by atoms with Crippen LogP contribution in [0.1, 0.15) is 18.4 Å². The van der Waals surface area contributed by atoms with Crippen molar-refractivity contribution in [2.75, 3.05) is 0 Å². The molecule has 4 aromatic rings. The van der Waals surface area contributed by atoms with Crippen molar-refractivity contribution < 1.29 is 4.42 Å². The van der Waals surface area contributed by atoms with Crippen molar-refractivity contribution in [2.45, 2.75) is 19.9 Å². The van der Waals surface area contributed by atoms with Crippen LogP contribution in [0.2, 0.25) is 0 Å². The molecule has 2 heterocycles. The van der Waals surface area contributed by atoms with E-state index in [2.05, 4.69) is 39.5 Å². The smallest absolute Gasteiger partial charge is 0.218 e. The van der Waals surface area contributed by atoms with Crippen molar-refractivity contribution in [2.24, 2.45) is 0 Å². The fraction of sp³-hybridized carbons (Fsp3) is 0.158. The summed E-state index contributed by atoms with van der Waals surface area (Å²) in [6.45, 7) is 2.47. The van der Waals surface area contributed by atoms with Gasteiger partial charge in [-0.25, -0.2) is 4.98 Å². The molecule has 6 nitrogen and oxygen atoms in total. The summed E-state index contributed by atoms with van der Waals surface area (Å²) in [5, 5.41) is 12.6. The summed E-state index contributed by atoms with van der Waals surface area (Å²) in [5.41, 5.74) is 3.22. The average Bonchev–Trinajstić information content (AvgIpc) is 3.33. The fourth-order valence-corrected chi connectivity index (χ4v) is 2.56. The highest BCUT2D eigenvalue weighted by Gasteiger charge is 2.10. The highest BCUT2D eigenvalue weighted by atomic mass is 16.4. The largest absolute Gasteiger partial charge is 0.439 e. The fourth-order valence-electron chi connectivity index (χ4n) is 2.56. The Bertz CT molecular complexity index is 957. The third-order valence-electron chi connectivity index (χ3n) is 3.96. The predicted molar refractivity (Wildman–Crippen MR) is 93.7 cm³/mol. The summed E-state index contributed by atoms with van der Waals surface area (Å²) in [4.78, 5) is 5.79. The van der Waals surface area contributed by atoms with Gasteiger partial charge in [0.25, 0.3) is 0 Å². The molecule has 0 atom stereocenters. The van der Waals surface area contributed by atoms with E-state index in [0.29, 0.717) is 18.3 Å². The molecule has 4 rings (SSSR count). The summed E-state index contributed by atoms with van der Waals surface area (Å²) in [6.07, 6.45) is 2.72. The molecule has 0 fully saturated rings. The number of oxazole rings is 1. The third kappa shape index (κ3) is 3.33. The lowest BCUT2D eigenvalue weighted by Crippen LogP contribution is -2.04. The van der Waals surface area contributed by atoms with Gasteiger partial charge in [-0.1, -0.05) is 61.5 Å². The maximum atomic E-state index is 5.78. The van der Waals surface area contributed by atoms with Crippen LogP contribution in [0.5, 0.6) is 0 Å². The predicted octanol–water partition coefficient (Wildman–Crippen LogP) is 3.61. The van der Waals surface area contributed by atoms with E-state index in [-0.39, 0.29) is 0 Å². The van der Waals surface area contributed by atoms with Gasteiger partial charge >= 0.3 is 0 Å². The summed E-state index contributed by atoms with van der Waals surface area (Å²) >= 11 is 0. The molecule has 0 bridgehead atoms. The van der Waals surface area contributed by atoms with E-state index in [1.807, 2.05) is 42.5 Å². The Labute approximate surface area is 145 Å². The van der Waals surface area contributed by atoms with Gasteiger partial charge in [-0.05, 0) is 17.2 Å². The third-order valence-corrected chi connectivity index (χ3v) is 3.96. The topological polar surface area (TPSA) is 69.6 Å². The Balaban J connectivity index is 1.50. The summed E-state index contributed by atoms with van der Waals surface area (Å²) < 4.78 is 5.78. The molecule has 2 aromatic carbocycles. The van der Waals surface area contributed by atoms with E-state index in [0.717, 1.165) is 23.3 Å². The monoisotopic (exact) mass is 331 g/mol. The maximum absolute atomic E-state index is 5.78. The molecule has 0 saturated heterocycles. The normalized spacial score (nSPS) is 10.9. The zero-order valence-electron chi connectivity index (χ0n) is 13.8. The summed E-state index contributed by atoms with van der Waals surface area (Å²) in [6, 6.07) is 18.0. The van der Waals surface area contributed by atoms with E-state index in [1.165, 1.54) is 10.4 Å². The second kappa shape index (κ2) is 6.68. The molecule has 0 saturated carbocycles. The van der Waals surface area contributed by atoms with Crippen molar-refractivity contribution >= 4 is 0 Å². The van der Waals surface area contributed by atoms with Gasteiger partial charge in [0.05, 0.1) is 6.20 Å². The van der Waals surface area contributed by atoms with Gasteiger partial charge in [0.1, 0.15) is 6.54 Å². The lowest BCUT2D eigenvalue weighted by Gasteiger charge is -1.97. The van der Waals surface area contributed by atoms with Gasteiger partial charge in [0.15, 0.2) is 5.76 Å². The molecule has 0 unspecified atom stereocenters. The minimum Gasteiger partial charge on any atom is -0.439 e. The van der Waals surface area contributed by atoms with Gasteiger partial charge in [0, 0.05) is 11.1 Å². The van der Waals surface area contributed by atoms with Crippen LogP contribution >= 0.6 is 0 Å². The van der Waals surface area contributed by atoms with Crippen LogP contribution in [0.25, 0.3) is 22.7 Å². The lowest BCUT2D eigenvalue weighted by molar-refractivity contribution is 0.447. The standard InChI is InChI=1S/C19H17N5O/c1-2-14-8-10-16(11-9-14)19-21-23-24(22-19)13-18-20-12-17(25-18)15-6-4-3-5-7-15/h3-12H,2,13H2,1H3. The van der Waals surface area contributed by atoms with Gasteiger partial charge in [-0.2, -0.15) is 4.80 Å². The SMILES string of the molecule is CCc1ccc(-c2nnn(Cc3ncc(-c4ccccc4)o3)n2)cc1. The van der Waals surface area contributed by atoms with Crippen LogP contribution in [-0.4, -0.2) is 25.2 Å². The van der Waals surface area contributed by atoms with Crippen LogP contribution < -0.4 is 0 Å². The average molecular weight is 331 g/mol. The van der Waals surface area contributed by atoms with Gasteiger partial charge in [0.2, 0.25) is 11.7 Å². The molecule has 0 aliphatic rings. The lowest BCUT2D eigenvalue weighted by atomic mass is 10.1. The zero-order chi connectivity index (χ0) is 17.1. The molecular formula is C19H17N5O. The summed E-state index contributed by atoms with van der Waals surface area (Å²) in [7, 11) is 0. The van der Waals surface area contributed by atoms with Crippen molar-refractivity contribution in [3.8, 4) is 22.7 Å². The first kappa shape index (κ1) is 15.3.